The molecule has 7 nitrogen and oxygen atoms in total. The van der Waals surface area contributed by atoms with Gasteiger partial charge in [0.2, 0.25) is 11.1 Å². The highest BCUT2D eigenvalue weighted by molar-refractivity contribution is 7.09. The summed E-state index contributed by atoms with van der Waals surface area (Å²) >= 11 is 1.22. The van der Waals surface area contributed by atoms with Gasteiger partial charge >= 0.3 is 5.97 Å². The Morgan fingerprint density at radius 3 is 3.17 bits per heavy atom. The van der Waals surface area contributed by atoms with Crippen molar-refractivity contribution in [3.63, 3.8) is 0 Å². The molecule has 0 bridgehead atoms. The molecule has 0 aromatic carbocycles. The van der Waals surface area contributed by atoms with E-state index in [4.69, 9.17) is 5.11 Å². The monoisotopic (exact) mass is 265 g/mol. The van der Waals surface area contributed by atoms with Crippen molar-refractivity contribution in [2.45, 2.75) is 18.9 Å². The van der Waals surface area contributed by atoms with E-state index in [1.54, 1.807) is 28.2 Å². The first-order valence-corrected chi connectivity index (χ1v) is 6.34. The summed E-state index contributed by atoms with van der Waals surface area (Å²) in [6.07, 6.45) is 6.55. The predicted octanol–water partition coefficient (Wildman–Crippen LogP) is 0.777. The van der Waals surface area contributed by atoms with E-state index in [1.165, 1.54) is 11.5 Å². The molecule has 18 heavy (non-hydrogen) atoms. The lowest BCUT2D eigenvalue weighted by Gasteiger charge is -2.19. The minimum atomic E-state index is -0.799. The summed E-state index contributed by atoms with van der Waals surface area (Å²) in [5.41, 5.74) is 0. The Bertz CT molecular complexity index is 552. The maximum Gasteiger partial charge on any atom is 0.326 e. The van der Waals surface area contributed by atoms with Crippen LogP contribution in [0, 0.1) is 0 Å². The fourth-order valence-corrected chi connectivity index (χ4v) is 2.80. The zero-order chi connectivity index (χ0) is 12.5. The van der Waals surface area contributed by atoms with E-state index >= 15 is 0 Å². The van der Waals surface area contributed by atoms with Crippen LogP contribution in [0.25, 0.3) is 5.95 Å². The van der Waals surface area contributed by atoms with Crippen molar-refractivity contribution in [3.8, 4) is 5.95 Å². The molecule has 3 rings (SSSR count). The molecule has 0 aliphatic carbocycles. The standard InChI is InChI=1S/C10H11N5O2S/c16-8(17)7-2-1-4-15(7)10-12-9(13-18-10)14-5-3-11-6-14/h3,5-7H,1-2,4H2,(H,16,17). The maximum atomic E-state index is 11.1. The Hall–Kier alpha value is -1.96. The minimum absolute atomic E-state index is 0.478. The lowest BCUT2D eigenvalue weighted by atomic mass is 10.2. The van der Waals surface area contributed by atoms with Crippen molar-refractivity contribution in [1.82, 2.24) is 18.9 Å². The van der Waals surface area contributed by atoms with Crippen molar-refractivity contribution in [2.24, 2.45) is 0 Å². The maximum absolute atomic E-state index is 11.1. The molecule has 1 atom stereocenters. The van der Waals surface area contributed by atoms with Gasteiger partial charge in [-0.1, -0.05) is 0 Å². The first kappa shape index (κ1) is 11.1. The van der Waals surface area contributed by atoms with Gasteiger partial charge in [-0.15, -0.1) is 0 Å². The van der Waals surface area contributed by atoms with Gasteiger partial charge < -0.3 is 10.0 Å². The molecular weight excluding hydrogens is 254 g/mol. The van der Waals surface area contributed by atoms with Crippen molar-refractivity contribution in [2.75, 3.05) is 11.4 Å². The molecule has 1 aliphatic rings. The molecule has 1 fully saturated rings. The second-order valence-electron chi connectivity index (χ2n) is 4.04. The first-order valence-electron chi connectivity index (χ1n) is 5.57. The number of aromatic nitrogens is 4. The number of nitrogens with zero attached hydrogens (tertiary/aromatic N) is 5. The SMILES string of the molecule is O=C(O)C1CCCN1c1nc(-n2ccnc2)ns1. The molecule has 2 aromatic heterocycles. The Morgan fingerprint density at radius 2 is 2.44 bits per heavy atom. The number of anilines is 1. The zero-order valence-corrected chi connectivity index (χ0v) is 10.2. The zero-order valence-electron chi connectivity index (χ0n) is 9.43. The van der Waals surface area contributed by atoms with Gasteiger partial charge in [0.15, 0.2) is 0 Å². The molecule has 94 valence electrons. The van der Waals surface area contributed by atoms with E-state index in [2.05, 4.69) is 14.3 Å². The van der Waals surface area contributed by atoms with Crippen molar-refractivity contribution >= 4 is 22.6 Å². The highest BCUT2D eigenvalue weighted by Crippen LogP contribution is 2.27. The van der Waals surface area contributed by atoms with Gasteiger partial charge in [0.05, 0.1) is 0 Å². The van der Waals surface area contributed by atoms with Crippen LogP contribution in [-0.2, 0) is 4.79 Å². The number of carbonyl (C=O) groups is 1. The highest BCUT2D eigenvalue weighted by Gasteiger charge is 2.32. The van der Waals surface area contributed by atoms with Gasteiger partial charge in [-0.25, -0.2) is 9.78 Å². The lowest BCUT2D eigenvalue weighted by molar-refractivity contribution is -0.138. The third-order valence-corrected chi connectivity index (χ3v) is 3.67. The number of carboxylic acid groups (broad SMARTS) is 1. The Labute approximate surface area is 107 Å². The Morgan fingerprint density at radius 1 is 1.56 bits per heavy atom. The molecule has 2 aromatic rings. The van der Waals surface area contributed by atoms with Crippen LogP contribution in [0.5, 0.6) is 0 Å². The van der Waals surface area contributed by atoms with Gasteiger partial charge in [0.1, 0.15) is 12.4 Å². The molecule has 0 radical (unpaired) electrons. The number of hydrogen-bond donors (Lipinski definition) is 1. The molecule has 1 N–H and O–H groups in total. The average molecular weight is 265 g/mol. The average Bonchev–Trinajstić information content (AvgIpc) is 3.10. The topological polar surface area (TPSA) is 84.1 Å². The van der Waals surface area contributed by atoms with Gasteiger partial charge in [-0.05, 0) is 12.8 Å². The van der Waals surface area contributed by atoms with E-state index in [1.807, 2.05) is 0 Å². The van der Waals surface area contributed by atoms with Crippen LogP contribution in [0.4, 0.5) is 5.13 Å². The summed E-state index contributed by atoms with van der Waals surface area (Å²) in [7, 11) is 0. The van der Waals surface area contributed by atoms with E-state index in [0.29, 0.717) is 17.5 Å². The fourth-order valence-electron chi connectivity index (χ4n) is 2.06. The second kappa shape index (κ2) is 4.37. The molecule has 3 heterocycles. The van der Waals surface area contributed by atoms with E-state index in [9.17, 15) is 4.79 Å². The molecule has 8 heteroatoms. The van der Waals surface area contributed by atoms with Crippen LogP contribution in [0.3, 0.4) is 0 Å². The molecule has 0 saturated carbocycles. The number of aliphatic carboxylic acids is 1. The highest BCUT2D eigenvalue weighted by atomic mass is 32.1. The fraction of sp³-hybridized carbons (Fsp3) is 0.400. The summed E-state index contributed by atoms with van der Waals surface area (Å²) in [6.45, 7) is 0.718. The number of hydrogen-bond acceptors (Lipinski definition) is 6. The van der Waals surface area contributed by atoms with Crippen LogP contribution in [-0.4, -0.2) is 42.6 Å². The van der Waals surface area contributed by atoms with E-state index in [0.717, 1.165) is 13.0 Å². The Kier molecular flexibility index (Phi) is 2.71. The third kappa shape index (κ3) is 1.84. The molecular formula is C10H11N5O2S. The van der Waals surface area contributed by atoms with Crippen LogP contribution in [0.15, 0.2) is 18.7 Å². The lowest BCUT2D eigenvalue weighted by Crippen LogP contribution is -2.35. The second-order valence-corrected chi connectivity index (χ2v) is 4.77. The molecule has 1 aliphatic heterocycles. The summed E-state index contributed by atoms with van der Waals surface area (Å²) in [5, 5.41) is 9.79. The molecule has 0 spiro atoms. The van der Waals surface area contributed by atoms with Crippen molar-refractivity contribution < 1.29 is 9.90 Å². The van der Waals surface area contributed by atoms with E-state index < -0.39 is 12.0 Å². The van der Waals surface area contributed by atoms with Gasteiger partial charge in [-0.2, -0.15) is 9.36 Å². The quantitative estimate of drug-likeness (QED) is 0.882. The first-order chi connectivity index (χ1) is 8.75. The smallest absolute Gasteiger partial charge is 0.326 e. The van der Waals surface area contributed by atoms with Gasteiger partial charge in [-0.3, -0.25) is 4.57 Å². The summed E-state index contributed by atoms with van der Waals surface area (Å²) in [6, 6.07) is -0.478. The normalized spacial score (nSPS) is 19.3. The summed E-state index contributed by atoms with van der Waals surface area (Å²) in [5.74, 6) is -0.268. The van der Waals surface area contributed by atoms with Crippen LogP contribution in [0.1, 0.15) is 12.8 Å². The van der Waals surface area contributed by atoms with Crippen LogP contribution >= 0.6 is 11.5 Å². The molecule has 0 amide bonds. The van der Waals surface area contributed by atoms with E-state index in [-0.39, 0.29) is 0 Å². The van der Waals surface area contributed by atoms with Crippen LogP contribution < -0.4 is 4.90 Å². The largest absolute Gasteiger partial charge is 0.480 e. The predicted molar refractivity (Wildman–Crippen MR) is 65.0 cm³/mol. The molecule has 1 unspecified atom stereocenters. The van der Waals surface area contributed by atoms with Gasteiger partial charge in [0, 0.05) is 30.5 Å². The summed E-state index contributed by atoms with van der Waals surface area (Å²) in [4.78, 5) is 21.2. The number of carboxylic acids is 1. The van der Waals surface area contributed by atoms with Crippen LogP contribution in [0.2, 0.25) is 0 Å². The van der Waals surface area contributed by atoms with Gasteiger partial charge in [0.25, 0.3) is 0 Å². The number of imidazole rings is 1. The third-order valence-electron chi connectivity index (χ3n) is 2.92. The minimum Gasteiger partial charge on any atom is -0.480 e. The summed E-state index contributed by atoms with van der Waals surface area (Å²) < 4.78 is 5.92. The number of rotatable bonds is 3. The van der Waals surface area contributed by atoms with Crippen molar-refractivity contribution in [3.05, 3.63) is 18.7 Å². The van der Waals surface area contributed by atoms with Crippen molar-refractivity contribution in [1.29, 1.82) is 0 Å². The Balaban J connectivity index is 1.87. The molecule has 1 saturated heterocycles.